The maximum Gasteiger partial charge on any atom is 0.227 e. The topological polar surface area (TPSA) is 71.0 Å². The molecule has 7 heteroatoms. The van der Waals surface area contributed by atoms with E-state index in [-0.39, 0.29) is 5.91 Å². The molecule has 2 aromatic heterocycles. The van der Waals surface area contributed by atoms with Crippen molar-refractivity contribution in [1.82, 2.24) is 15.0 Å². The van der Waals surface area contributed by atoms with Crippen LogP contribution in [0.5, 0.6) is 0 Å². The Labute approximate surface area is 198 Å². The van der Waals surface area contributed by atoms with Crippen molar-refractivity contribution in [3.05, 3.63) is 77.2 Å². The monoisotopic (exact) mass is 457 g/mol. The zero-order chi connectivity index (χ0) is 22.8. The highest BCUT2D eigenvalue weighted by atomic mass is 35.5. The summed E-state index contributed by atoms with van der Waals surface area (Å²) in [6, 6.07) is 8.25. The smallest absolute Gasteiger partial charge is 0.227 e. The number of carbonyl (C=O) groups excluding carboxylic acids is 1. The molecule has 1 aliphatic carbocycles. The van der Waals surface area contributed by atoms with E-state index < -0.39 is 0 Å². The van der Waals surface area contributed by atoms with Crippen molar-refractivity contribution in [3.8, 4) is 11.3 Å². The molecule has 1 amide bonds. The third kappa shape index (κ3) is 4.52. The largest absolute Gasteiger partial charge is 0.323 e. The number of carbonyl (C=O) groups is 1. The minimum Gasteiger partial charge on any atom is -0.323 e. The molecule has 166 valence electrons. The van der Waals surface area contributed by atoms with Crippen LogP contribution in [0.25, 0.3) is 16.8 Å². The second kappa shape index (κ2) is 9.16. The second-order valence-electron chi connectivity index (χ2n) is 8.26. The third-order valence-electron chi connectivity index (χ3n) is 5.93. The maximum atomic E-state index is 12.1. The van der Waals surface area contributed by atoms with Crippen molar-refractivity contribution in [2.75, 3.05) is 16.8 Å². The van der Waals surface area contributed by atoms with Gasteiger partial charge in [0.15, 0.2) is 0 Å². The SMILES string of the molecule is Cc1ccc(C2=CCCC=C2)cc1-c1nc(Nc2cncc(N3CCCC3=O)c2)ncc1Cl. The summed E-state index contributed by atoms with van der Waals surface area (Å²) in [5, 5.41) is 3.70. The molecular weight excluding hydrogens is 434 g/mol. The number of halogens is 1. The van der Waals surface area contributed by atoms with Crippen LogP contribution in [0.15, 0.2) is 61.1 Å². The summed E-state index contributed by atoms with van der Waals surface area (Å²) >= 11 is 6.53. The van der Waals surface area contributed by atoms with E-state index >= 15 is 0 Å². The molecule has 2 aliphatic rings. The lowest BCUT2D eigenvalue weighted by Crippen LogP contribution is -2.23. The predicted octanol–water partition coefficient (Wildman–Crippen LogP) is 6.10. The lowest BCUT2D eigenvalue weighted by Gasteiger charge is -2.16. The average Bonchev–Trinajstić information content (AvgIpc) is 3.27. The first kappa shape index (κ1) is 21.3. The van der Waals surface area contributed by atoms with Gasteiger partial charge in [-0.25, -0.2) is 9.97 Å². The van der Waals surface area contributed by atoms with Gasteiger partial charge in [-0.05, 0) is 55.0 Å². The van der Waals surface area contributed by atoms with Gasteiger partial charge in [-0.2, -0.15) is 0 Å². The van der Waals surface area contributed by atoms with E-state index in [1.54, 1.807) is 23.5 Å². The highest BCUT2D eigenvalue weighted by molar-refractivity contribution is 6.33. The molecule has 0 saturated carbocycles. The lowest BCUT2D eigenvalue weighted by atomic mass is 9.95. The summed E-state index contributed by atoms with van der Waals surface area (Å²) < 4.78 is 0. The third-order valence-corrected chi connectivity index (χ3v) is 6.21. The van der Waals surface area contributed by atoms with E-state index in [0.717, 1.165) is 41.6 Å². The number of aryl methyl sites for hydroxylation is 1. The summed E-state index contributed by atoms with van der Waals surface area (Å²) in [5.41, 5.74) is 6.57. The van der Waals surface area contributed by atoms with Crippen LogP contribution < -0.4 is 10.2 Å². The first-order valence-corrected chi connectivity index (χ1v) is 11.5. The quantitative estimate of drug-likeness (QED) is 0.500. The predicted molar refractivity (Wildman–Crippen MR) is 133 cm³/mol. The van der Waals surface area contributed by atoms with Crippen LogP contribution in [-0.2, 0) is 4.79 Å². The van der Waals surface area contributed by atoms with Crippen LogP contribution in [-0.4, -0.2) is 27.4 Å². The molecule has 0 unspecified atom stereocenters. The zero-order valence-electron chi connectivity index (χ0n) is 18.4. The first-order chi connectivity index (χ1) is 16.1. The molecular formula is C26H24ClN5O. The number of hydrogen-bond donors (Lipinski definition) is 1. The molecule has 0 spiro atoms. The summed E-state index contributed by atoms with van der Waals surface area (Å²) in [4.78, 5) is 27.2. The fourth-order valence-corrected chi connectivity index (χ4v) is 4.39. The minimum absolute atomic E-state index is 0.122. The van der Waals surface area contributed by atoms with E-state index in [0.29, 0.717) is 35.3 Å². The highest BCUT2D eigenvalue weighted by Gasteiger charge is 2.22. The van der Waals surface area contributed by atoms with Crippen molar-refractivity contribution in [2.24, 2.45) is 0 Å². The fourth-order valence-electron chi connectivity index (χ4n) is 4.19. The Hall–Kier alpha value is -3.51. The van der Waals surface area contributed by atoms with Crippen LogP contribution in [0.2, 0.25) is 5.02 Å². The van der Waals surface area contributed by atoms with Crippen molar-refractivity contribution < 1.29 is 4.79 Å². The van der Waals surface area contributed by atoms with Crippen molar-refractivity contribution >= 4 is 40.4 Å². The number of anilines is 3. The maximum absolute atomic E-state index is 12.1. The van der Waals surface area contributed by atoms with E-state index in [9.17, 15) is 4.79 Å². The van der Waals surface area contributed by atoms with E-state index in [1.165, 1.54) is 5.57 Å². The van der Waals surface area contributed by atoms with Gasteiger partial charge in [0.05, 0.1) is 40.7 Å². The van der Waals surface area contributed by atoms with Gasteiger partial charge >= 0.3 is 0 Å². The van der Waals surface area contributed by atoms with Crippen LogP contribution in [0.3, 0.4) is 0 Å². The van der Waals surface area contributed by atoms with Crippen LogP contribution >= 0.6 is 11.6 Å². The van der Waals surface area contributed by atoms with Gasteiger partial charge in [-0.1, -0.05) is 42.0 Å². The number of benzene rings is 1. The Kier molecular flexibility index (Phi) is 5.92. The molecule has 1 aromatic carbocycles. The minimum atomic E-state index is 0.122. The summed E-state index contributed by atoms with van der Waals surface area (Å²) in [6.07, 6.45) is 15.2. The first-order valence-electron chi connectivity index (χ1n) is 11.1. The van der Waals surface area contributed by atoms with Crippen molar-refractivity contribution in [2.45, 2.75) is 32.6 Å². The molecule has 3 aromatic rings. The fraction of sp³-hybridized carbons (Fsp3) is 0.231. The van der Waals surface area contributed by atoms with Gasteiger partial charge in [0.2, 0.25) is 11.9 Å². The van der Waals surface area contributed by atoms with Gasteiger partial charge in [-0.3, -0.25) is 9.78 Å². The molecule has 0 bridgehead atoms. The van der Waals surface area contributed by atoms with E-state index in [2.05, 4.69) is 58.6 Å². The second-order valence-corrected chi connectivity index (χ2v) is 8.67. The standard InChI is InChI=1S/C26H24ClN5O/c1-17-9-10-19(18-6-3-2-4-7-18)12-22(17)25-23(27)16-29-26(31-25)30-20-13-21(15-28-14-20)32-11-5-8-24(32)33/h3,6-7,9-10,12-16H,2,4-5,8,11H2,1H3,(H,29,30,31). The molecule has 3 heterocycles. The lowest BCUT2D eigenvalue weighted by molar-refractivity contribution is -0.117. The van der Waals surface area contributed by atoms with Crippen LogP contribution in [0, 0.1) is 6.92 Å². The number of aromatic nitrogens is 3. The molecule has 0 radical (unpaired) electrons. The van der Waals surface area contributed by atoms with Gasteiger partial charge in [-0.15, -0.1) is 0 Å². The highest BCUT2D eigenvalue weighted by Crippen LogP contribution is 2.33. The van der Waals surface area contributed by atoms with E-state index in [1.807, 2.05) is 6.07 Å². The number of hydrogen-bond acceptors (Lipinski definition) is 5. The Morgan fingerprint density at radius 1 is 1.12 bits per heavy atom. The van der Waals surface area contributed by atoms with E-state index in [4.69, 9.17) is 16.6 Å². The van der Waals surface area contributed by atoms with Gasteiger partial charge in [0.25, 0.3) is 0 Å². The number of nitrogens with zero attached hydrogens (tertiary/aromatic N) is 4. The number of nitrogens with one attached hydrogen (secondary N) is 1. The van der Waals surface area contributed by atoms with Crippen molar-refractivity contribution in [1.29, 1.82) is 0 Å². The number of amides is 1. The number of pyridine rings is 1. The summed E-state index contributed by atoms with van der Waals surface area (Å²) in [6.45, 7) is 2.77. The molecule has 6 nitrogen and oxygen atoms in total. The summed E-state index contributed by atoms with van der Waals surface area (Å²) in [7, 11) is 0. The van der Waals surface area contributed by atoms with Gasteiger partial charge in [0.1, 0.15) is 0 Å². The molecule has 5 rings (SSSR count). The zero-order valence-corrected chi connectivity index (χ0v) is 19.1. The summed E-state index contributed by atoms with van der Waals surface area (Å²) in [5.74, 6) is 0.542. The van der Waals surface area contributed by atoms with Gasteiger partial charge in [0, 0.05) is 18.5 Å². The van der Waals surface area contributed by atoms with Crippen molar-refractivity contribution in [3.63, 3.8) is 0 Å². The molecule has 1 aliphatic heterocycles. The average molecular weight is 458 g/mol. The van der Waals surface area contributed by atoms with Gasteiger partial charge < -0.3 is 10.2 Å². The molecule has 1 fully saturated rings. The number of allylic oxidation sites excluding steroid dienone is 4. The Bertz CT molecular complexity index is 1280. The molecule has 1 saturated heterocycles. The Morgan fingerprint density at radius 2 is 2.03 bits per heavy atom. The molecule has 0 atom stereocenters. The normalized spacial score (nSPS) is 15.6. The Balaban J connectivity index is 1.45. The Morgan fingerprint density at radius 3 is 2.82 bits per heavy atom. The number of rotatable bonds is 5. The molecule has 1 N–H and O–H groups in total. The molecule has 33 heavy (non-hydrogen) atoms. The van der Waals surface area contributed by atoms with Crippen LogP contribution in [0.4, 0.5) is 17.3 Å². The van der Waals surface area contributed by atoms with Crippen LogP contribution in [0.1, 0.15) is 36.8 Å².